The Balaban J connectivity index is 1.53. The highest BCUT2D eigenvalue weighted by Crippen LogP contribution is 2.25. The summed E-state index contributed by atoms with van der Waals surface area (Å²) in [6.45, 7) is 4.11. The molecule has 1 aromatic heterocycles. The molecule has 1 saturated carbocycles. The maximum atomic E-state index is 12.4. The van der Waals surface area contributed by atoms with Crippen LogP contribution in [-0.4, -0.2) is 31.3 Å². The Morgan fingerprint density at radius 1 is 1.19 bits per heavy atom. The lowest BCUT2D eigenvalue weighted by Gasteiger charge is -2.13. The lowest BCUT2D eigenvalue weighted by atomic mass is 10.2. The monoisotopic (exact) mass is 379 g/mol. The van der Waals surface area contributed by atoms with Gasteiger partial charge in [-0.1, -0.05) is 13.8 Å². The molecule has 1 N–H and O–H groups in total. The highest BCUT2D eigenvalue weighted by molar-refractivity contribution is 7.89. The molecule has 0 amide bonds. The van der Waals surface area contributed by atoms with E-state index in [0.29, 0.717) is 24.0 Å². The average Bonchev–Trinajstić information content (AvgIpc) is 3.27. The summed E-state index contributed by atoms with van der Waals surface area (Å²) in [6, 6.07) is 6.55. The van der Waals surface area contributed by atoms with Crippen LogP contribution >= 0.6 is 0 Å². The summed E-state index contributed by atoms with van der Waals surface area (Å²) in [5, 5.41) is 7.85. The minimum absolute atomic E-state index is 0.151. The summed E-state index contributed by atoms with van der Waals surface area (Å²) in [6.07, 6.45) is 5.12. The van der Waals surface area contributed by atoms with Gasteiger partial charge >= 0.3 is 0 Å². The fourth-order valence-electron chi connectivity index (χ4n) is 2.87. The lowest BCUT2D eigenvalue weighted by molar-refractivity contribution is 0.210. The number of rotatable bonds is 8. The van der Waals surface area contributed by atoms with Crippen molar-refractivity contribution in [3.05, 3.63) is 36.0 Å². The average molecular weight is 379 g/mol. The van der Waals surface area contributed by atoms with Gasteiger partial charge in [-0.05, 0) is 49.9 Å². The second-order valence-corrected chi connectivity index (χ2v) is 8.60. The van der Waals surface area contributed by atoms with Gasteiger partial charge in [-0.15, -0.1) is 10.2 Å². The third kappa shape index (κ3) is 4.82. The molecule has 0 aliphatic heterocycles. The standard InChI is InChI=1S/C18H25N3O4S/c1-13(2)18-21-20-17(25-18)11-12-19-26(22,23)16-9-7-15(8-10-16)24-14-5-3-4-6-14/h7-10,13-14,19H,3-6,11-12H2,1-2H3. The Kier molecular flexibility index (Phi) is 5.93. The first-order valence-corrected chi connectivity index (χ1v) is 10.5. The zero-order valence-corrected chi connectivity index (χ0v) is 16.0. The first-order chi connectivity index (χ1) is 12.4. The van der Waals surface area contributed by atoms with Crippen molar-refractivity contribution < 1.29 is 17.6 Å². The second-order valence-electron chi connectivity index (χ2n) is 6.83. The van der Waals surface area contributed by atoms with E-state index >= 15 is 0 Å². The second kappa shape index (κ2) is 8.18. The summed E-state index contributed by atoms with van der Waals surface area (Å²) in [7, 11) is -3.58. The van der Waals surface area contributed by atoms with Crippen LogP contribution in [0.25, 0.3) is 0 Å². The fourth-order valence-corrected chi connectivity index (χ4v) is 3.90. The van der Waals surface area contributed by atoms with Gasteiger partial charge in [0, 0.05) is 18.9 Å². The number of hydrogen-bond donors (Lipinski definition) is 1. The number of benzene rings is 1. The number of hydrogen-bond acceptors (Lipinski definition) is 6. The van der Waals surface area contributed by atoms with Crippen molar-refractivity contribution in [2.75, 3.05) is 6.54 Å². The van der Waals surface area contributed by atoms with Gasteiger partial charge in [-0.25, -0.2) is 13.1 Å². The molecule has 0 radical (unpaired) electrons. The predicted octanol–water partition coefficient (Wildman–Crippen LogP) is 3.04. The Morgan fingerprint density at radius 2 is 1.88 bits per heavy atom. The highest BCUT2D eigenvalue weighted by Gasteiger charge is 2.18. The van der Waals surface area contributed by atoms with Crippen LogP contribution in [0, 0.1) is 0 Å². The molecular weight excluding hydrogens is 354 g/mol. The zero-order chi connectivity index (χ0) is 18.6. The van der Waals surface area contributed by atoms with Crippen molar-refractivity contribution >= 4 is 10.0 Å². The smallest absolute Gasteiger partial charge is 0.240 e. The Hall–Kier alpha value is -1.93. The van der Waals surface area contributed by atoms with E-state index in [-0.39, 0.29) is 23.5 Å². The van der Waals surface area contributed by atoms with Crippen LogP contribution in [0.5, 0.6) is 5.75 Å². The van der Waals surface area contributed by atoms with Crippen molar-refractivity contribution in [2.24, 2.45) is 0 Å². The Labute approximate surface area is 154 Å². The molecule has 26 heavy (non-hydrogen) atoms. The van der Waals surface area contributed by atoms with Gasteiger partial charge in [0.1, 0.15) is 5.75 Å². The zero-order valence-electron chi connectivity index (χ0n) is 15.1. The molecule has 0 bridgehead atoms. The molecule has 1 heterocycles. The minimum Gasteiger partial charge on any atom is -0.490 e. The van der Waals surface area contributed by atoms with Crippen LogP contribution in [0.3, 0.4) is 0 Å². The Bertz CT molecular complexity index is 809. The van der Waals surface area contributed by atoms with E-state index in [1.54, 1.807) is 24.3 Å². The first kappa shape index (κ1) is 18.8. The summed E-state index contributed by atoms with van der Waals surface area (Å²) >= 11 is 0. The van der Waals surface area contributed by atoms with Crippen molar-refractivity contribution in [3.63, 3.8) is 0 Å². The summed E-state index contributed by atoms with van der Waals surface area (Å²) < 4.78 is 38.6. The first-order valence-electron chi connectivity index (χ1n) is 9.03. The van der Waals surface area contributed by atoms with Gasteiger partial charge in [-0.2, -0.15) is 0 Å². The van der Waals surface area contributed by atoms with Gasteiger partial charge in [0.15, 0.2) is 0 Å². The number of aromatic nitrogens is 2. The molecule has 1 aromatic carbocycles. The molecule has 142 valence electrons. The van der Waals surface area contributed by atoms with E-state index in [0.717, 1.165) is 12.8 Å². The number of nitrogens with one attached hydrogen (secondary N) is 1. The minimum atomic E-state index is -3.58. The van der Waals surface area contributed by atoms with Crippen LogP contribution in [-0.2, 0) is 16.4 Å². The Morgan fingerprint density at radius 3 is 2.50 bits per heavy atom. The van der Waals surface area contributed by atoms with Crippen molar-refractivity contribution in [1.82, 2.24) is 14.9 Å². The van der Waals surface area contributed by atoms with Gasteiger partial charge in [0.2, 0.25) is 21.8 Å². The number of ether oxygens (including phenoxy) is 1. The largest absolute Gasteiger partial charge is 0.490 e. The molecule has 1 aliphatic carbocycles. The van der Waals surface area contributed by atoms with Gasteiger partial charge in [-0.3, -0.25) is 0 Å². The predicted molar refractivity (Wildman–Crippen MR) is 96.6 cm³/mol. The molecule has 1 aliphatic rings. The summed E-state index contributed by atoms with van der Waals surface area (Å²) in [5.41, 5.74) is 0. The molecule has 1 fully saturated rings. The quantitative estimate of drug-likeness (QED) is 0.757. The maximum absolute atomic E-state index is 12.4. The van der Waals surface area contributed by atoms with E-state index in [1.807, 2.05) is 13.8 Å². The van der Waals surface area contributed by atoms with Crippen LogP contribution in [0.2, 0.25) is 0 Å². The van der Waals surface area contributed by atoms with Crippen molar-refractivity contribution in [2.45, 2.75) is 62.9 Å². The maximum Gasteiger partial charge on any atom is 0.240 e. The van der Waals surface area contributed by atoms with Crippen LogP contribution < -0.4 is 9.46 Å². The molecule has 0 saturated heterocycles. The third-order valence-corrected chi connectivity index (χ3v) is 5.82. The van der Waals surface area contributed by atoms with Gasteiger partial charge in [0.05, 0.1) is 11.0 Å². The topological polar surface area (TPSA) is 94.3 Å². The molecule has 3 rings (SSSR count). The summed E-state index contributed by atoms with van der Waals surface area (Å²) in [5.74, 6) is 1.85. The van der Waals surface area contributed by atoms with E-state index in [2.05, 4.69) is 14.9 Å². The molecule has 2 aromatic rings. The fraction of sp³-hybridized carbons (Fsp3) is 0.556. The lowest BCUT2D eigenvalue weighted by Crippen LogP contribution is -2.26. The summed E-state index contributed by atoms with van der Waals surface area (Å²) in [4.78, 5) is 0.213. The van der Waals surface area contributed by atoms with Crippen LogP contribution in [0.1, 0.15) is 57.2 Å². The molecule has 0 atom stereocenters. The van der Waals surface area contributed by atoms with Crippen LogP contribution in [0.4, 0.5) is 0 Å². The SMILES string of the molecule is CC(C)c1nnc(CCNS(=O)(=O)c2ccc(OC3CCCC3)cc2)o1. The van der Waals surface area contributed by atoms with Gasteiger partial charge < -0.3 is 9.15 Å². The molecule has 8 heteroatoms. The molecule has 0 unspecified atom stereocenters. The molecule has 7 nitrogen and oxygen atoms in total. The number of nitrogens with zero attached hydrogens (tertiary/aromatic N) is 2. The van der Waals surface area contributed by atoms with Crippen molar-refractivity contribution in [3.8, 4) is 5.75 Å². The van der Waals surface area contributed by atoms with E-state index in [1.165, 1.54) is 12.8 Å². The number of sulfonamides is 1. The van der Waals surface area contributed by atoms with E-state index in [4.69, 9.17) is 9.15 Å². The molecule has 0 spiro atoms. The highest BCUT2D eigenvalue weighted by atomic mass is 32.2. The van der Waals surface area contributed by atoms with E-state index in [9.17, 15) is 8.42 Å². The van der Waals surface area contributed by atoms with E-state index < -0.39 is 10.0 Å². The normalized spacial score (nSPS) is 15.7. The third-order valence-electron chi connectivity index (χ3n) is 4.35. The van der Waals surface area contributed by atoms with Gasteiger partial charge in [0.25, 0.3) is 0 Å². The molecular formula is C18H25N3O4S. The van der Waals surface area contributed by atoms with Crippen molar-refractivity contribution in [1.29, 1.82) is 0 Å². The van der Waals surface area contributed by atoms with Crippen LogP contribution in [0.15, 0.2) is 33.6 Å².